The molecule has 28 heavy (non-hydrogen) atoms. The third-order valence-electron chi connectivity index (χ3n) is 5.49. The molecular weight excluding hydrogens is 387 g/mol. The maximum atomic E-state index is 13.5. The van der Waals surface area contributed by atoms with Gasteiger partial charge in [-0.3, -0.25) is 10.3 Å². The highest BCUT2D eigenvalue weighted by Gasteiger charge is 2.34. The molecular formula is C19H26F3N5S. The van der Waals surface area contributed by atoms with E-state index in [0.717, 1.165) is 32.4 Å². The van der Waals surface area contributed by atoms with Crippen LogP contribution in [0.15, 0.2) is 23.3 Å². The lowest BCUT2D eigenvalue weighted by atomic mass is 9.94. The number of hydrogen-bond donors (Lipinski definition) is 2. The Kier molecular flexibility index (Phi) is 6.77. The predicted molar refractivity (Wildman–Crippen MR) is 110 cm³/mol. The summed E-state index contributed by atoms with van der Waals surface area (Å²) in [7, 11) is 0. The highest BCUT2D eigenvalue weighted by Crippen LogP contribution is 2.34. The molecule has 0 atom stereocenters. The van der Waals surface area contributed by atoms with E-state index in [2.05, 4.69) is 27.6 Å². The number of nitrogens with one attached hydrogen (secondary N) is 1. The number of nitrogens with zero attached hydrogens (tertiary/aromatic N) is 3. The van der Waals surface area contributed by atoms with Crippen molar-refractivity contribution in [3.8, 4) is 0 Å². The van der Waals surface area contributed by atoms with Crippen molar-refractivity contribution in [3.05, 3.63) is 29.3 Å². The monoisotopic (exact) mass is 413 g/mol. The third kappa shape index (κ3) is 5.35. The maximum absolute atomic E-state index is 13.5. The van der Waals surface area contributed by atoms with Gasteiger partial charge in [0.15, 0.2) is 5.11 Å². The second-order valence-electron chi connectivity index (χ2n) is 7.32. The van der Waals surface area contributed by atoms with Crippen LogP contribution in [0, 0.1) is 0 Å². The molecule has 1 aromatic rings. The molecule has 1 saturated carbocycles. The Hall–Kier alpha value is -1.87. The zero-order valence-corrected chi connectivity index (χ0v) is 16.5. The van der Waals surface area contributed by atoms with Crippen molar-refractivity contribution in [1.82, 2.24) is 10.3 Å². The summed E-state index contributed by atoms with van der Waals surface area (Å²) in [6.07, 6.45) is 2.99. The number of hydrogen-bond acceptors (Lipinski definition) is 4. The van der Waals surface area contributed by atoms with Gasteiger partial charge in [0, 0.05) is 43.5 Å². The normalized spacial score (nSPS) is 19.9. The minimum absolute atomic E-state index is 0.0270. The Morgan fingerprint density at radius 1 is 1.14 bits per heavy atom. The van der Waals surface area contributed by atoms with Crippen molar-refractivity contribution in [2.24, 2.45) is 10.8 Å². The van der Waals surface area contributed by atoms with Gasteiger partial charge < -0.3 is 10.6 Å². The molecule has 0 bridgehead atoms. The fourth-order valence-corrected chi connectivity index (χ4v) is 4.11. The van der Waals surface area contributed by atoms with E-state index in [4.69, 9.17) is 5.73 Å². The number of anilines is 1. The van der Waals surface area contributed by atoms with Gasteiger partial charge in [0.25, 0.3) is 0 Å². The molecule has 3 N–H and O–H groups in total. The largest absolute Gasteiger partial charge is 0.417 e. The lowest BCUT2D eigenvalue weighted by molar-refractivity contribution is -0.137. The van der Waals surface area contributed by atoms with Gasteiger partial charge in [0.1, 0.15) is 0 Å². The van der Waals surface area contributed by atoms with E-state index in [9.17, 15) is 13.2 Å². The van der Waals surface area contributed by atoms with Gasteiger partial charge in [-0.2, -0.15) is 18.3 Å². The van der Waals surface area contributed by atoms with Crippen LogP contribution in [0.3, 0.4) is 0 Å². The van der Waals surface area contributed by atoms with Gasteiger partial charge in [-0.1, -0.05) is 25.3 Å². The zero-order valence-electron chi connectivity index (χ0n) is 15.7. The summed E-state index contributed by atoms with van der Waals surface area (Å²) in [6, 6.07) is 5.00. The summed E-state index contributed by atoms with van der Waals surface area (Å²) >= 11 is 4.60. The van der Waals surface area contributed by atoms with Crippen LogP contribution in [0.4, 0.5) is 18.9 Å². The van der Waals surface area contributed by atoms with Gasteiger partial charge >= 0.3 is 6.18 Å². The van der Waals surface area contributed by atoms with E-state index in [1.54, 1.807) is 6.07 Å². The molecule has 1 aliphatic heterocycles. The number of benzene rings is 1. The molecule has 1 aromatic carbocycles. The van der Waals surface area contributed by atoms with Crippen molar-refractivity contribution in [3.63, 3.8) is 0 Å². The van der Waals surface area contributed by atoms with E-state index in [0.29, 0.717) is 11.7 Å². The highest BCUT2D eigenvalue weighted by molar-refractivity contribution is 7.80. The van der Waals surface area contributed by atoms with Crippen molar-refractivity contribution < 1.29 is 13.2 Å². The molecule has 1 aliphatic carbocycles. The molecule has 0 spiro atoms. The van der Waals surface area contributed by atoms with Crippen LogP contribution in [-0.4, -0.2) is 48.4 Å². The molecule has 5 nitrogen and oxygen atoms in total. The van der Waals surface area contributed by atoms with Crippen LogP contribution in [0.2, 0.25) is 0 Å². The summed E-state index contributed by atoms with van der Waals surface area (Å²) in [4.78, 5) is 4.53. The number of alkyl halides is 3. The average molecular weight is 414 g/mol. The quantitative estimate of drug-likeness (QED) is 0.451. The van der Waals surface area contributed by atoms with E-state index < -0.39 is 11.7 Å². The number of hydrazone groups is 1. The molecule has 0 amide bonds. The maximum Gasteiger partial charge on any atom is 0.417 e. The Bertz CT molecular complexity index is 708. The minimum atomic E-state index is -4.47. The number of rotatable bonds is 4. The Morgan fingerprint density at radius 3 is 2.43 bits per heavy atom. The molecule has 0 unspecified atom stereocenters. The van der Waals surface area contributed by atoms with Crippen LogP contribution in [-0.2, 0) is 6.18 Å². The van der Waals surface area contributed by atoms with E-state index >= 15 is 0 Å². The van der Waals surface area contributed by atoms with Gasteiger partial charge in [-0.05, 0) is 37.2 Å². The van der Waals surface area contributed by atoms with Crippen molar-refractivity contribution in [2.75, 3.05) is 31.1 Å². The Balaban J connectivity index is 1.70. The summed E-state index contributed by atoms with van der Waals surface area (Å²) < 4.78 is 40.6. The summed E-state index contributed by atoms with van der Waals surface area (Å²) in [5, 5.41) is 3.56. The van der Waals surface area contributed by atoms with Gasteiger partial charge in [0.05, 0.1) is 11.8 Å². The number of piperazine rings is 1. The van der Waals surface area contributed by atoms with Gasteiger partial charge in [0.2, 0.25) is 0 Å². The van der Waals surface area contributed by atoms with Crippen LogP contribution < -0.4 is 16.1 Å². The lowest BCUT2D eigenvalue weighted by Gasteiger charge is -2.41. The Labute approximate surface area is 168 Å². The molecule has 0 radical (unpaired) electrons. The molecule has 1 heterocycles. The third-order valence-corrected chi connectivity index (χ3v) is 5.58. The average Bonchev–Trinajstić information content (AvgIpc) is 2.68. The second kappa shape index (κ2) is 9.09. The van der Waals surface area contributed by atoms with Crippen LogP contribution in [0.5, 0.6) is 0 Å². The molecule has 2 aliphatic rings. The molecule has 3 rings (SSSR count). The SMILES string of the molecule is NC(=S)N/N=C/c1ccc(N2CCN(C3CCCCC3)CC2)cc1C(F)(F)F. The van der Waals surface area contributed by atoms with Crippen LogP contribution >= 0.6 is 12.2 Å². The first-order chi connectivity index (χ1) is 13.3. The zero-order chi connectivity index (χ0) is 20.1. The smallest absolute Gasteiger partial charge is 0.375 e. The molecule has 0 aromatic heterocycles. The number of nitrogens with two attached hydrogens (primary N) is 1. The van der Waals surface area contributed by atoms with Crippen molar-refractivity contribution >= 4 is 29.2 Å². The van der Waals surface area contributed by atoms with Gasteiger partial charge in [-0.25, -0.2) is 0 Å². The summed E-state index contributed by atoms with van der Waals surface area (Å²) in [6.45, 7) is 3.27. The van der Waals surface area contributed by atoms with E-state index in [1.807, 2.05) is 4.90 Å². The van der Waals surface area contributed by atoms with Crippen molar-refractivity contribution in [1.29, 1.82) is 0 Å². The highest BCUT2D eigenvalue weighted by atomic mass is 32.1. The molecule has 9 heteroatoms. The fraction of sp³-hybridized carbons (Fsp3) is 0.579. The van der Waals surface area contributed by atoms with Crippen molar-refractivity contribution in [2.45, 2.75) is 44.3 Å². The number of thiocarbonyl (C=S) groups is 1. The minimum Gasteiger partial charge on any atom is -0.375 e. The first-order valence-corrected chi connectivity index (χ1v) is 10.0. The standard InChI is InChI=1S/C19H26F3N5S/c20-19(21,22)17-12-16(7-6-14(17)13-24-25-18(23)28)27-10-8-26(9-11-27)15-4-2-1-3-5-15/h6-7,12-13,15H,1-5,8-11H2,(H3,23,25,28)/b24-13+. The van der Waals surface area contributed by atoms with E-state index in [-0.39, 0.29) is 10.7 Å². The first kappa shape index (κ1) is 20.9. The fourth-order valence-electron chi connectivity index (χ4n) is 4.06. The Morgan fingerprint density at radius 2 is 1.82 bits per heavy atom. The summed E-state index contributed by atoms with van der Waals surface area (Å²) in [5.74, 6) is 0. The molecule has 1 saturated heterocycles. The summed E-state index contributed by atoms with van der Waals surface area (Å²) in [5.41, 5.74) is 7.37. The first-order valence-electron chi connectivity index (χ1n) is 9.63. The number of halogens is 3. The van der Waals surface area contributed by atoms with Crippen LogP contribution in [0.25, 0.3) is 0 Å². The second-order valence-corrected chi connectivity index (χ2v) is 7.76. The van der Waals surface area contributed by atoms with Crippen LogP contribution in [0.1, 0.15) is 43.2 Å². The molecule has 154 valence electrons. The van der Waals surface area contributed by atoms with Gasteiger partial charge in [-0.15, -0.1) is 0 Å². The topological polar surface area (TPSA) is 56.9 Å². The molecule has 2 fully saturated rings. The lowest BCUT2D eigenvalue weighted by Crippen LogP contribution is -2.50. The van der Waals surface area contributed by atoms with E-state index in [1.165, 1.54) is 44.2 Å². The predicted octanol–water partition coefficient (Wildman–Crippen LogP) is 3.33.